The van der Waals surface area contributed by atoms with Gasteiger partial charge in [0, 0.05) is 37.9 Å². The van der Waals surface area contributed by atoms with Gasteiger partial charge < -0.3 is 15.4 Å². The van der Waals surface area contributed by atoms with Crippen molar-refractivity contribution < 1.29 is 4.74 Å². The number of nitrogens with zero attached hydrogens (tertiary/aromatic N) is 3. The van der Waals surface area contributed by atoms with Crippen LogP contribution in [0, 0.1) is 0 Å². The lowest BCUT2D eigenvalue weighted by Crippen LogP contribution is -2.45. The SMILES string of the molecule is CCNC(=NCc1ccc(OCc2ccccn2)cc1)NC1CCN(C2CCCC2)C1.I. The van der Waals surface area contributed by atoms with E-state index in [1.54, 1.807) is 6.20 Å². The molecule has 0 spiro atoms. The largest absolute Gasteiger partial charge is 0.487 e. The molecular weight excluding hydrogens is 513 g/mol. The van der Waals surface area contributed by atoms with E-state index in [1.807, 2.05) is 30.3 Å². The summed E-state index contributed by atoms with van der Waals surface area (Å²) in [4.78, 5) is 11.8. The summed E-state index contributed by atoms with van der Waals surface area (Å²) in [5, 5.41) is 7.06. The fourth-order valence-electron chi connectivity index (χ4n) is 4.52. The molecule has 32 heavy (non-hydrogen) atoms. The number of rotatable bonds is 8. The van der Waals surface area contributed by atoms with E-state index in [4.69, 9.17) is 9.73 Å². The molecule has 2 heterocycles. The van der Waals surface area contributed by atoms with E-state index in [9.17, 15) is 0 Å². The van der Waals surface area contributed by atoms with Crippen molar-refractivity contribution in [3.63, 3.8) is 0 Å². The Hall–Kier alpha value is -1.87. The number of hydrogen-bond acceptors (Lipinski definition) is 4. The molecule has 1 saturated carbocycles. The third-order valence-electron chi connectivity index (χ3n) is 6.20. The van der Waals surface area contributed by atoms with Crippen LogP contribution in [-0.4, -0.2) is 47.6 Å². The average molecular weight is 550 g/mol. The number of halogens is 1. The third kappa shape index (κ3) is 7.33. The van der Waals surface area contributed by atoms with Crippen LogP contribution in [0.2, 0.25) is 0 Å². The zero-order valence-electron chi connectivity index (χ0n) is 19.0. The first-order valence-electron chi connectivity index (χ1n) is 11.7. The van der Waals surface area contributed by atoms with E-state index < -0.39 is 0 Å². The van der Waals surface area contributed by atoms with Gasteiger partial charge in [0.2, 0.25) is 0 Å². The Morgan fingerprint density at radius 1 is 1.12 bits per heavy atom. The molecular formula is C25H36IN5O. The second-order valence-corrected chi connectivity index (χ2v) is 8.51. The molecule has 2 fully saturated rings. The second kappa shape index (κ2) is 13.0. The number of hydrogen-bond donors (Lipinski definition) is 2. The van der Waals surface area contributed by atoms with Crippen LogP contribution < -0.4 is 15.4 Å². The van der Waals surface area contributed by atoms with Gasteiger partial charge in [-0.15, -0.1) is 24.0 Å². The highest BCUT2D eigenvalue weighted by atomic mass is 127. The van der Waals surface area contributed by atoms with E-state index in [2.05, 4.69) is 39.6 Å². The Labute approximate surface area is 209 Å². The van der Waals surface area contributed by atoms with Crippen molar-refractivity contribution in [2.45, 2.75) is 64.3 Å². The molecule has 7 heteroatoms. The van der Waals surface area contributed by atoms with Crippen LogP contribution in [0.1, 0.15) is 50.3 Å². The van der Waals surface area contributed by atoms with Crippen molar-refractivity contribution in [3.8, 4) is 5.75 Å². The van der Waals surface area contributed by atoms with Crippen molar-refractivity contribution in [2.24, 2.45) is 4.99 Å². The van der Waals surface area contributed by atoms with Gasteiger partial charge in [0.25, 0.3) is 0 Å². The van der Waals surface area contributed by atoms with Crippen LogP contribution in [0.15, 0.2) is 53.7 Å². The molecule has 1 aromatic carbocycles. The zero-order valence-corrected chi connectivity index (χ0v) is 21.3. The van der Waals surface area contributed by atoms with Gasteiger partial charge in [-0.1, -0.05) is 31.0 Å². The minimum atomic E-state index is 0. The molecule has 2 N–H and O–H groups in total. The maximum Gasteiger partial charge on any atom is 0.191 e. The van der Waals surface area contributed by atoms with Crippen molar-refractivity contribution >= 4 is 29.9 Å². The van der Waals surface area contributed by atoms with Gasteiger partial charge >= 0.3 is 0 Å². The standard InChI is InChI=1S/C25H35N5O.HI/c1-2-26-25(29-21-14-16-30(18-21)23-8-3-4-9-23)28-17-20-10-12-24(13-11-20)31-19-22-7-5-6-15-27-22;/h5-7,10-13,15,21,23H,2-4,8-9,14,16-19H2,1H3,(H2,26,28,29);1H. The predicted molar refractivity (Wildman–Crippen MR) is 141 cm³/mol. The molecule has 0 radical (unpaired) electrons. The third-order valence-corrected chi connectivity index (χ3v) is 6.20. The van der Waals surface area contributed by atoms with Gasteiger partial charge in [0.05, 0.1) is 12.2 Å². The van der Waals surface area contributed by atoms with Gasteiger partial charge in [0.15, 0.2) is 5.96 Å². The summed E-state index contributed by atoms with van der Waals surface area (Å²) in [6.45, 7) is 6.45. The van der Waals surface area contributed by atoms with Gasteiger partial charge in [0.1, 0.15) is 12.4 Å². The van der Waals surface area contributed by atoms with Crippen LogP contribution in [0.3, 0.4) is 0 Å². The van der Waals surface area contributed by atoms with Gasteiger partial charge in [-0.2, -0.15) is 0 Å². The number of likely N-dealkylation sites (tertiary alicyclic amines) is 1. The molecule has 6 nitrogen and oxygen atoms in total. The highest BCUT2D eigenvalue weighted by Gasteiger charge is 2.30. The molecule has 1 saturated heterocycles. The Kier molecular flexibility index (Phi) is 10.1. The van der Waals surface area contributed by atoms with E-state index in [0.717, 1.165) is 36.5 Å². The first-order valence-corrected chi connectivity index (χ1v) is 11.7. The Morgan fingerprint density at radius 3 is 2.66 bits per heavy atom. The zero-order chi connectivity index (χ0) is 21.3. The summed E-state index contributed by atoms with van der Waals surface area (Å²) < 4.78 is 5.82. The first kappa shape index (κ1) is 24.8. The number of ether oxygens (including phenoxy) is 1. The summed E-state index contributed by atoms with van der Waals surface area (Å²) in [7, 11) is 0. The molecule has 0 bridgehead atoms. The molecule has 1 atom stereocenters. The van der Waals surface area contributed by atoms with Crippen molar-refractivity contribution in [1.82, 2.24) is 20.5 Å². The molecule has 1 aromatic heterocycles. The number of aromatic nitrogens is 1. The lowest BCUT2D eigenvalue weighted by atomic mass is 10.2. The van der Waals surface area contributed by atoms with E-state index >= 15 is 0 Å². The van der Waals surface area contributed by atoms with Gasteiger partial charge in [-0.25, -0.2) is 4.99 Å². The molecule has 174 valence electrons. The molecule has 2 aliphatic rings. The highest BCUT2D eigenvalue weighted by Crippen LogP contribution is 2.26. The molecule has 1 aliphatic heterocycles. The van der Waals surface area contributed by atoms with Gasteiger partial charge in [-0.05, 0) is 56.0 Å². The van der Waals surface area contributed by atoms with Crippen LogP contribution in [0.4, 0.5) is 0 Å². The summed E-state index contributed by atoms with van der Waals surface area (Å²) in [6, 6.07) is 15.3. The summed E-state index contributed by atoms with van der Waals surface area (Å²) in [6.07, 6.45) is 8.54. The number of pyridine rings is 1. The van der Waals surface area contributed by atoms with Crippen LogP contribution in [0.5, 0.6) is 5.75 Å². The predicted octanol–water partition coefficient (Wildman–Crippen LogP) is 4.35. The maximum absolute atomic E-state index is 5.82. The molecule has 1 aliphatic carbocycles. The average Bonchev–Trinajstić information content (AvgIpc) is 3.50. The fraction of sp³-hybridized carbons (Fsp3) is 0.520. The van der Waals surface area contributed by atoms with Crippen molar-refractivity contribution in [3.05, 3.63) is 59.9 Å². The molecule has 1 unspecified atom stereocenters. The number of aliphatic imine (C=N–C) groups is 1. The minimum absolute atomic E-state index is 0. The van der Waals surface area contributed by atoms with Gasteiger partial charge in [-0.3, -0.25) is 9.88 Å². The van der Waals surface area contributed by atoms with E-state index in [-0.39, 0.29) is 24.0 Å². The summed E-state index contributed by atoms with van der Waals surface area (Å²) >= 11 is 0. The highest BCUT2D eigenvalue weighted by molar-refractivity contribution is 14.0. The fourth-order valence-corrected chi connectivity index (χ4v) is 4.52. The number of guanidine groups is 1. The lowest BCUT2D eigenvalue weighted by Gasteiger charge is -2.24. The van der Waals surface area contributed by atoms with Crippen molar-refractivity contribution in [2.75, 3.05) is 19.6 Å². The normalized spacial score (nSPS) is 19.5. The lowest BCUT2D eigenvalue weighted by molar-refractivity contribution is 0.242. The smallest absolute Gasteiger partial charge is 0.191 e. The summed E-state index contributed by atoms with van der Waals surface area (Å²) in [5.41, 5.74) is 2.09. The molecule has 0 amide bonds. The second-order valence-electron chi connectivity index (χ2n) is 8.51. The van der Waals surface area contributed by atoms with E-state index in [1.165, 1.54) is 44.2 Å². The van der Waals surface area contributed by atoms with Crippen LogP contribution in [0.25, 0.3) is 0 Å². The van der Waals surface area contributed by atoms with Crippen LogP contribution in [-0.2, 0) is 13.2 Å². The maximum atomic E-state index is 5.82. The number of nitrogens with one attached hydrogen (secondary N) is 2. The number of benzene rings is 1. The Balaban J connectivity index is 0.00000289. The Morgan fingerprint density at radius 2 is 1.94 bits per heavy atom. The first-order chi connectivity index (χ1) is 15.3. The van der Waals surface area contributed by atoms with Crippen molar-refractivity contribution in [1.29, 1.82) is 0 Å². The minimum Gasteiger partial charge on any atom is -0.487 e. The monoisotopic (exact) mass is 549 g/mol. The molecule has 4 rings (SSSR count). The topological polar surface area (TPSA) is 61.8 Å². The summed E-state index contributed by atoms with van der Waals surface area (Å²) in [5.74, 6) is 1.76. The quantitative estimate of drug-likeness (QED) is 0.291. The Bertz CT molecular complexity index is 824. The van der Waals surface area contributed by atoms with E-state index in [0.29, 0.717) is 19.2 Å². The molecule has 2 aromatic rings. The van der Waals surface area contributed by atoms with Crippen LogP contribution >= 0.6 is 24.0 Å².